The summed E-state index contributed by atoms with van der Waals surface area (Å²) in [6, 6.07) is 4.72. The topological polar surface area (TPSA) is 42.9 Å². The number of aryl methyl sites for hydroxylation is 1. The van der Waals surface area contributed by atoms with Gasteiger partial charge in [-0.3, -0.25) is 4.79 Å². The van der Waals surface area contributed by atoms with E-state index in [4.69, 9.17) is 0 Å². The minimum absolute atomic E-state index is 0.0243. The van der Waals surface area contributed by atoms with Crippen LogP contribution in [-0.2, 0) is 0 Å². The molecule has 5 heteroatoms. The van der Waals surface area contributed by atoms with Crippen LogP contribution < -0.4 is 0 Å². The van der Waals surface area contributed by atoms with Crippen LogP contribution in [-0.4, -0.2) is 16.3 Å². The molecule has 0 unspecified atom stereocenters. The standard InChI is InChI=1S/C12H8F2N2O/c1-7-4-11(16-12(6-17)15-7)9-3-2-8(13)5-10(9)14/h2-6H,1H3. The molecule has 2 rings (SSSR count). The highest BCUT2D eigenvalue weighted by Crippen LogP contribution is 2.21. The van der Waals surface area contributed by atoms with Gasteiger partial charge in [-0.05, 0) is 25.1 Å². The molecule has 0 aliphatic heterocycles. The molecule has 0 bridgehead atoms. The average molecular weight is 234 g/mol. The molecule has 0 fully saturated rings. The van der Waals surface area contributed by atoms with Gasteiger partial charge < -0.3 is 0 Å². The van der Waals surface area contributed by atoms with Gasteiger partial charge in [-0.15, -0.1) is 0 Å². The Bertz CT molecular complexity index is 585. The number of hydrogen-bond acceptors (Lipinski definition) is 3. The molecule has 0 amide bonds. The highest BCUT2D eigenvalue weighted by atomic mass is 19.1. The number of halogens is 2. The molecular weight excluding hydrogens is 226 g/mol. The summed E-state index contributed by atoms with van der Waals surface area (Å²) in [4.78, 5) is 18.3. The third kappa shape index (κ3) is 2.33. The largest absolute Gasteiger partial charge is 0.294 e. The number of rotatable bonds is 2. The molecule has 1 aromatic heterocycles. The molecule has 0 N–H and O–H groups in total. The van der Waals surface area contributed by atoms with E-state index in [0.29, 0.717) is 12.0 Å². The number of aldehydes is 1. The molecule has 3 nitrogen and oxygen atoms in total. The fraction of sp³-hybridized carbons (Fsp3) is 0.0833. The van der Waals surface area contributed by atoms with Gasteiger partial charge >= 0.3 is 0 Å². The SMILES string of the molecule is Cc1cc(-c2ccc(F)cc2F)nc(C=O)n1. The lowest BCUT2D eigenvalue weighted by atomic mass is 10.1. The van der Waals surface area contributed by atoms with Crippen molar-refractivity contribution in [2.24, 2.45) is 0 Å². The van der Waals surface area contributed by atoms with Crippen molar-refractivity contribution < 1.29 is 13.6 Å². The number of carbonyl (C=O) groups is 1. The molecule has 1 aromatic carbocycles. The van der Waals surface area contributed by atoms with Crippen molar-refractivity contribution in [3.63, 3.8) is 0 Å². The summed E-state index contributed by atoms with van der Waals surface area (Å²) >= 11 is 0. The Balaban J connectivity index is 2.59. The predicted molar refractivity (Wildman–Crippen MR) is 57.5 cm³/mol. The zero-order valence-corrected chi connectivity index (χ0v) is 8.95. The van der Waals surface area contributed by atoms with Crippen LogP contribution in [0.25, 0.3) is 11.3 Å². The van der Waals surface area contributed by atoms with Gasteiger partial charge in [-0.25, -0.2) is 18.7 Å². The molecular formula is C12H8F2N2O. The molecule has 17 heavy (non-hydrogen) atoms. The summed E-state index contributed by atoms with van der Waals surface area (Å²) in [5.41, 5.74) is 0.943. The fourth-order valence-corrected chi connectivity index (χ4v) is 1.48. The van der Waals surface area contributed by atoms with E-state index in [1.807, 2.05) is 0 Å². The van der Waals surface area contributed by atoms with E-state index in [0.717, 1.165) is 12.1 Å². The van der Waals surface area contributed by atoms with Crippen LogP contribution in [0, 0.1) is 18.6 Å². The van der Waals surface area contributed by atoms with Crippen molar-refractivity contribution >= 4 is 6.29 Å². The Morgan fingerprint density at radius 2 is 1.94 bits per heavy atom. The van der Waals surface area contributed by atoms with Crippen LogP contribution in [0.15, 0.2) is 24.3 Å². The van der Waals surface area contributed by atoms with E-state index >= 15 is 0 Å². The van der Waals surface area contributed by atoms with Crippen LogP contribution in [0.2, 0.25) is 0 Å². The van der Waals surface area contributed by atoms with Crippen molar-refractivity contribution in [2.75, 3.05) is 0 Å². The van der Waals surface area contributed by atoms with Crippen LogP contribution in [0.3, 0.4) is 0 Å². The van der Waals surface area contributed by atoms with E-state index in [-0.39, 0.29) is 17.1 Å². The molecule has 0 saturated heterocycles. The van der Waals surface area contributed by atoms with E-state index in [2.05, 4.69) is 9.97 Å². The second kappa shape index (κ2) is 4.37. The van der Waals surface area contributed by atoms with Gasteiger partial charge in [0.15, 0.2) is 12.1 Å². The quantitative estimate of drug-likeness (QED) is 0.750. The van der Waals surface area contributed by atoms with Crippen molar-refractivity contribution in [1.29, 1.82) is 0 Å². The summed E-state index contributed by atoms with van der Waals surface area (Å²) in [5.74, 6) is -1.41. The smallest absolute Gasteiger partial charge is 0.193 e. The van der Waals surface area contributed by atoms with Gasteiger partial charge in [-0.2, -0.15) is 0 Å². The first-order valence-electron chi connectivity index (χ1n) is 4.86. The second-order valence-electron chi connectivity index (χ2n) is 3.49. The van der Waals surface area contributed by atoms with E-state index in [1.54, 1.807) is 6.92 Å². The van der Waals surface area contributed by atoms with Gasteiger partial charge in [0.2, 0.25) is 0 Å². The molecule has 2 aromatic rings. The lowest BCUT2D eigenvalue weighted by Gasteiger charge is -2.04. The Hall–Kier alpha value is -2.17. The summed E-state index contributed by atoms with van der Waals surface area (Å²) < 4.78 is 26.3. The minimum Gasteiger partial charge on any atom is -0.294 e. The highest BCUT2D eigenvalue weighted by molar-refractivity contribution is 5.71. The second-order valence-corrected chi connectivity index (χ2v) is 3.49. The Morgan fingerprint density at radius 3 is 2.59 bits per heavy atom. The van der Waals surface area contributed by atoms with Crippen LogP contribution in [0.4, 0.5) is 8.78 Å². The van der Waals surface area contributed by atoms with Crippen LogP contribution in [0.1, 0.15) is 16.3 Å². The summed E-state index contributed by atoms with van der Waals surface area (Å²) in [7, 11) is 0. The third-order valence-electron chi connectivity index (χ3n) is 2.18. The first-order valence-corrected chi connectivity index (χ1v) is 4.86. The van der Waals surface area contributed by atoms with Gasteiger partial charge in [0.25, 0.3) is 0 Å². The zero-order valence-electron chi connectivity index (χ0n) is 8.95. The molecule has 86 valence electrons. The molecule has 0 aliphatic carbocycles. The number of carbonyl (C=O) groups excluding carboxylic acids is 1. The maximum Gasteiger partial charge on any atom is 0.193 e. The maximum absolute atomic E-state index is 13.5. The summed E-state index contributed by atoms with van der Waals surface area (Å²) in [5, 5.41) is 0. The van der Waals surface area contributed by atoms with E-state index < -0.39 is 11.6 Å². The van der Waals surface area contributed by atoms with E-state index in [9.17, 15) is 13.6 Å². The molecule has 0 radical (unpaired) electrons. The number of benzene rings is 1. The van der Waals surface area contributed by atoms with Crippen molar-refractivity contribution in [3.05, 3.63) is 47.4 Å². The zero-order chi connectivity index (χ0) is 12.4. The minimum atomic E-state index is -0.722. The predicted octanol–water partition coefficient (Wildman–Crippen LogP) is 2.54. The fourth-order valence-electron chi connectivity index (χ4n) is 1.48. The molecule has 0 atom stereocenters. The Labute approximate surface area is 96.2 Å². The highest BCUT2D eigenvalue weighted by Gasteiger charge is 2.09. The maximum atomic E-state index is 13.5. The van der Waals surface area contributed by atoms with Gasteiger partial charge in [0.1, 0.15) is 11.6 Å². The molecule has 0 aliphatic rings. The van der Waals surface area contributed by atoms with Crippen LogP contribution >= 0.6 is 0 Å². The lowest BCUT2D eigenvalue weighted by molar-refractivity contribution is 0.111. The summed E-state index contributed by atoms with van der Waals surface area (Å²) in [6.45, 7) is 1.67. The van der Waals surface area contributed by atoms with Crippen molar-refractivity contribution in [3.8, 4) is 11.3 Å². The number of aromatic nitrogens is 2. The monoisotopic (exact) mass is 234 g/mol. The van der Waals surface area contributed by atoms with Crippen LogP contribution in [0.5, 0.6) is 0 Å². The van der Waals surface area contributed by atoms with Crippen molar-refractivity contribution in [2.45, 2.75) is 6.92 Å². The first kappa shape index (κ1) is 11.3. The third-order valence-corrected chi connectivity index (χ3v) is 2.18. The molecule has 0 saturated carbocycles. The van der Waals surface area contributed by atoms with Gasteiger partial charge in [-0.1, -0.05) is 0 Å². The van der Waals surface area contributed by atoms with E-state index in [1.165, 1.54) is 12.1 Å². The van der Waals surface area contributed by atoms with Crippen molar-refractivity contribution in [1.82, 2.24) is 9.97 Å². The first-order chi connectivity index (χ1) is 8.10. The Morgan fingerprint density at radius 1 is 1.18 bits per heavy atom. The Kier molecular flexibility index (Phi) is 2.91. The normalized spacial score (nSPS) is 10.3. The molecule has 1 heterocycles. The average Bonchev–Trinajstić information content (AvgIpc) is 2.28. The van der Waals surface area contributed by atoms with Gasteiger partial charge in [0, 0.05) is 17.3 Å². The summed E-state index contributed by atoms with van der Waals surface area (Å²) in [6.07, 6.45) is 0.484. The lowest BCUT2D eigenvalue weighted by Crippen LogP contribution is -1.98. The van der Waals surface area contributed by atoms with Gasteiger partial charge in [0.05, 0.1) is 5.69 Å². The number of nitrogens with zero attached hydrogens (tertiary/aromatic N) is 2. The number of hydrogen-bond donors (Lipinski definition) is 0. The molecule has 0 spiro atoms.